The van der Waals surface area contributed by atoms with Crippen molar-refractivity contribution in [1.82, 2.24) is 25.1 Å². The number of amides is 3. The van der Waals surface area contributed by atoms with Gasteiger partial charge < -0.3 is 25.2 Å². The lowest BCUT2D eigenvalue weighted by atomic mass is 9.96. The molecule has 0 spiro atoms. The van der Waals surface area contributed by atoms with Crippen molar-refractivity contribution in [3.05, 3.63) is 85.9 Å². The first kappa shape index (κ1) is 29.4. The van der Waals surface area contributed by atoms with Gasteiger partial charge in [0.1, 0.15) is 11.7 Å². The monoisotopic (exact) mass is 605 g/mol. The highest BCUT2D eigenvalue weighted by atomic mass is 35.5. The number of aliphatic carboxylic acids is 1. The van der Waals surface area contributed by atoms with E-state index < -0.39 is 30.4 Å². The number of carboxylic acids is 1. The smallest absolute Gasteiger partial charge is 0.328 e. The molecule has 0 fully saturated rings. The summed E-state index contributed by atoms with van der Waals surface area (Å²) in [6, 6.07) is 6.77. The molecule has 0 bridgehead atoms. The molecule has 4 rings (SSSR count). The summed E-state index contributed by atoms with van der Waals surface area (Å²) < 4.78 is 1.73. The maximum atomic E-state index is 13.1. The molecule has 1 unspecified atom stereocenters. The summed E-state index contributed by atoms with van der Waals surface area (Å²) in [5, 5.41) is 15.1. The summed E-state index contributed by atoms with van der Waals surface area (Å²) in [6.07, 6.45) is 3.42. The molecule has 13 heteroatoms. The van der Waals surface area contributed by atoms with E-state index in [9.17, 15) is 24.3 Å². The molecule has 40 heavy (non-hydrogen) atoms. The van der Waals surface area contributed by atoms with Crippen LogP contribution in [-0.2, 0) is 17.8 Å². The van der Waals surface area contributed by atoms with Gasteiger partial charge in [0.05, 0.1) is 21.9 Å². The number of nitrogens with one attached hydrogen (secondary N) is 2. The summed E-state index contributed by atoms with van der Waals surface area (Å²) in [6.45, 7) is 4.04. The minimum Gasteiger partial charge on any atom is -0.480 e. The van der Waals surface area contributed by atoms with Gasteiger partial charge in [-0.05, 0) is 61.7 Å². The van der Waals surface area contributed by atoms with Crippen molar-refractivity contribution in [3.8, 4) is 0 Å². The van der Waals surface area contributed by atoms with Gasteiger partial charge >= 0.3 is 5.97 Å². The Balaban J connectivity index is 1.45. The normalized spacial score (nSPS) is 13.5. The Morgan fingerprint density at radius 2 is 1.77 bits per heavy atom. The molecule has 3 amide bonds. The van der Waals surface area contributed by atoms with Crippen LogP contribution in [0, 0.1) is 0 Å². The van der Waals surface area contributed by atoms with Crippen LogP contribution in [0.25, 0.3) is 0 Å². The third kappa shape index (κ3) is 6.41. The van der Waals surface area contributed by atoms with E-state index in [1.54, 1.807) is 46.0 Å². The molecule has 1 aliphatic heterocycles. The number of nitrogens with zero attached hydrogens (tertiary/aromatic N) is 3. The fourth-order valence-electron chi connectivity index (χ4n) is 4.26. The van der Waals surface area contributed by atoms with Crippen LogP contribution in [-0.4, -0.2) is 62.4 Å². The van der Waals surface area contributed by atoms with Gasteiger partial charge in [-0.1, -0.05) is 34.8 Å². The van der Waals surface area contributed by atoms with Gasteiger partial charge in [0.25, 0.3) is 17.7 Å². The lowest BCUT2D eigenvalue weighted by molar-refractivity contribution is -0.139. The van der Waals surface area contributed by atoms with Crippen LogP contribution < -0.4 is 10.6 Å². The zero-order valence-electron chi connectivity index (χ0n) is 21.6. The average Bonchev–Trinajstić information content (AvgIpc) is 3.41. The number of carboxylic acid groups (broad SMARTS) is 1. The van der Waals surface area contributed by atoms with E-state index in [-0.39, 0.29) is 39.8 Å². The Morgan fingerprint density at radius 1 is 1.07 bits per heavy atom. The van der Waals surface area contributed by atoms with Crippen LogP contribution in [0.1, 0.15) is 62.2 Å². The van der Waals surface area contributed by atoms with Crippen LogP contribution in [0.3, 0.4) is 0 Å². The van der Waals surface area contributed by atoms with Gasteiger partial charge in [0, 0.05) is 42.5 Å². The van der Waals surface area contributed by atoms with Gasteiger partial charge in [-0.25, -0.2) is 9.78 Å². The zero-order valence-corrected chi connectivity index (χ0v) is 23.8. The molecule has 1 atom stereocenters. The van der Waals surface area contributed by atoms with E-state index in [1.165, 1.54) is 6.33 Å². The topological polar surface area (TPSA) is 134 Å². The molecule has 0 aliphatic carbocycles. The first-order valence-electron chi connectivity index (χ1n) is 12.4. The number of imidazole rings is 1. The quantitative estimate of drug-likeness (QED) is 0.351. The van der Waals surface area contributed by atoms with Crippen LogP contribution >= 0.6 is 34.8 Å². The van der Waals surface area contributed by atoms with Crippen LogP contribution in [0.15, 0.2) is 42.9 Å². The van der Waals surface area contributed by atoms with Crippen LogP contribution in [0.2, 0.25) is 15.1 Å². The van der Waals surface area contributed by atoms with Crippen LogP contribution in [0.5, 0.6) is 0 Å². The molecule has 0 saturated carbocycles. The number of hydrogen-bond acceptors (Lipinski definition) is 5. The van der Waals surface area contributed by atoms with Gasteiger partial charge in [0.15, 0.2) is 0 Å². The van der Waals surface area contributed by atoms with Crippen molar-refractivity contribution in [2.45, 2.75) is 38.9 Å². The summed E-state index contributed by atoms with van der Waals surface area (Å²) in [4.78, 5) is 56.0. The van der Waals surface area contributed by atoms with Crippen LogP contribution in [0.4, 0.5) is 0 Å². The number of halogens is 3. The third-order valence-electron chi connectivity index (χ3n) is 6.51. The maximum absolute atomic E-state index is 13.1. The number of carbonyl (C=O) groups is 4. The average molecular weight is 607 g/mol. The molecule has 3 aromatic rings. The van der Waals surface area contributed by atoms with E-state index in [2.05, 4.69) is 15.6 Å². The molecule has 0 radical (unpaired) electrons. The predicted molar refractivity (Wildman–Crippen MR) is 150 cm³/mol. The molecular weight excluding hydrogens is 581 g/mol. The number of carbonyl (C=O) groups excluding carboxylic acids is 3. The SMILES string of the molecule is CC(C)n1cnc(C(=O)NCC(NC(=O)c2c(Cl)cc3c(c2Cl)CCN(C(=O)c2ccc(Cl)cc2)C3)C(=O)O)c1. The maximum Gasteiger partial charge on any atom is 0.328 e. The van der Waals surface area contributed by atoms with Crippen molar-refractivity contribution in [2.75, 3.05) is 13.1 Å². The van der Waals surface area contributed by atoms with E-state index in [4.69, 9.17) is 34.8 Å². The largest absolute Gasteiger partial charge is 0.480 e. The summed E-state index contributed by atoms with van der Waals surface area (Å²) in [5.74, 6) is -2.92. The van der Waals surface area contributed by atoms with Gasteiger partial charge in [-0.3, -0.25) is 14.4 Å². The Kier molecular flexibility index (Phi) is 9.02. The number of rotatable bonds is 8. The van der Waals surface area contributed by atoms with Crippen molar-refractivity contribution < 1.29 is 24.3 Å². The van der Waals surface area contributed by atoms with Gasteiger partial charge in [0.2, 0.25) is 0 Å². The molecule has 210 valence electrons. The standard InChI is InChI=1S/C27H26Cl3N5O5/c1-14(2)35-12-21(32-13-35)24(36)31-10-20(27(39)40)33-25(37)22-19(29)9-16-11-34(8-7-18(16)23(22)30)26(38)15-3-5-17(28)6-4-15/h3-6,9,12-14,20H,7-8,10-11H2,1-2H3,(H,31,36)(H,33,37)(H,39,40). The first-order chi connectivity index (χ1) is 19.0. The minimum absolute atomic E-state index is 0.00874. The molecule has 0 saturated heterocycles. The Morgan fingerprint density at radius 3 is 2.40 bits per heavy atom. The fourth-order valence-corrected chi connectivity index (χ4v) is 5.15. The Labute approximate surface area is 245 Å². The second-order valence-electron chi connectivity index (χ2n) is 9.54. The summed E-state index contributed by atoms with van der Waals surface area (Å²) in [7, 11) is 0. The lowest BCUT2D eigenvalue weighted by Gasteiger charge is -2.30. The molecule has 2 heterocycles. The third-order valence-corrected chi connectivity index (χ3v) is 7.48. The van der Waals surface area contributed by atoms with Crippen molar-refractivity contribution in [1.29, 1.82) is 0 Å². The zero-order chi connectivity index (χ0) is 29.1. The highest BCUT2D eigenvalue weighted by Gasteiger charge is 2.30. The van der Waals surface area contributed by atoms with Gasteiger partial charge in [-0.15, -0.1) is 0 Å². The molecule has 10 nitrogen and oxygen atoms in total. The number of fused-ring (bicyclic) bond motifs is 1. The first-order valence-corrected chi connectivity index (χ1v) is 13.5. The highest BCUT2D eigenvalue weighted by molar-refractivity contribution is 6.40. The molecule has 1 aliphatic rings. The van der Waals surface area contributed by atoms with E-state index in [0.717, 1.165) is 0 Å². The molecule has 1 aromatic heterocycles. The second-order valence-corrected chi connectivity index (χ2v) is 10.8. The summed E-state index contributed by atoms with van der Waals surface area (Å²) >= 11 is 18.9. The number of aromatic nitrogens is 2. The van der Waals surface area contributed by atoms with Crippen molar-refractivity contribution in [2.24, 2.45) is 0 Å². The lowest BCUT2D eigenvalue weighted by Crippen LogP contribution is -2.48. The number of benzene rings is 2. The fraction of sp³-hybridized carbons (Fsp3) is 0.296. The molecular formula is C27H26Cl3N5O5. The van der Waals surface area contributed by atoms with Crippen molar-refractivity contribution in [3.63, 3.8) is 0 Å². The second kappa shape index (κ2) is 12.3. The van der Waals surface area contributed by atoms with E-state index >= 15 is 0 Å². The molecule has 2 aromatic carbocycles. The van der Waals surface area contributed by atoms with Gasteiger partial charge in [-0.2, -0.15) is 0 Å². The van der Waals surface area contributed by atoms with E-state index in [0.29, 0.717) is 34.7 Å². The predicted octanol–water partition coefficient (Wildman–Crippen LogP) is 4.24. The Hall–Kier alpha value is -3.60. The van der Waals surface area contributed by atoms with Crippen molar-refractivity contribution >= 4 is 58.5 Å². The summed E-state index contributed by atoms with van der Waals surface area (Å²) in [5.41, 5.74) is 1.86. The minimum atomic E-state index is -1.46. The van der Waals surface area contributed by atoms with E-state index in [1.807, 2.05) is 13.8 Å². The highest BCUT2D eigenvalue weighted by Crippen LogP contribution is 2.35. The number of hydrogen-bond donors (Lipinski definition) is 3. The molecule has 3 N–H and O–H groups in total. The Bertz CT molecular complexity index is 1470.